The predicted molar refractivity (Wildman–Crippen MR) is 49.4 cm³/mol. The maximum Gasteiger partial charge on any atom is 0.0704 e. The third kappa shape index (κ3) is 1.73. The minimum absolute atomic E-state index is 0.00755. The summed E-state index contributed by atoms with van der Waals surface area (Å²) in [6.07, 6.45) is 0. The Morgan fingerprint density at radius 1 is 1.45 bits per heavy atom. The van der Waals surface area contributed by atoms with E-state index in [2.05, 4.69) is 15.9 Å². The van der Waals surface area contributed by atoms with Crippen LogP contribution in [0, 0.1) is 0 Å². The summed E-state index contributed by atoms with van der Waals surface area (Å²) in [7, 11) is 0. The third-order valence-electron chi connectivity index (χ3n) is 1.61. The van der Waals surface area contributed by atoms with E-state index in [1.54, 1.807) is 6.07 Å². The van der Waals surface area contributed by atoms with Crippen molar-refractivity contribution >= 4 is 21.6 Å². The zero-order valence-electron chi connectivity index (χ0n) is 6.05. The fraction of sp³-hybridized carbons (Fsp3) is 0.250. The van der Waals surface area contributed by atoms with Gasteiger partial charge < -0.3 is 10.8 Å². The van der Waals surface area contributed by atoms with Crippen LogP contribution in [0.4, 0.5) is 5.69 Å². The number of nitrogens with two attached hydrogens (primary N) is 1. The number of rotatable bonds is 2. The van der Waals surface area contributed by atoms with Crippen molar-refractivity contribution in [1.82, 2.24) is 0 Å². The van der Waals surface area contributed by atoms with Gasteiger partial charge in [0.05, 0.1) is 6.61 Å². The first-order valence-corrected chi connectivity index (χ1v) is 4.44. The average Bonchev–Trinajstić information content (AvgIpc) is 2.04. The molecule has 0 aliphatic carbocycles. The number of anilines is 1. The highest BCUT2D eigenvalue weighted by Gasteiger charge is 2.02. The number of hydrogen-bond donors (Lipinski definition) is 2. The molecule has 1 aromatic carbocycles. The van der Waals surface area contributed by atoms with Gasteiger partial charge in [0.25, 0.3) is 0 Å². The van der Waals surface area contributed by atoms with Crippen molar-refractivity contribution in [3.8, 4) is 0 Å². The van der Waals surface area contributed by atoms with Crippen molar-refractivity contribution in [1.29, 1.82) is 0 Å². The molecule has 0 amide bonds. The van der Waals surface area contributed by atoms with Crippen molar-refractivity contribution in [2.75, 3.05) is 5.73 Å². The second-order valence-electron chi connectivity index (χ2n) is 2.28. The van der Waals surface area contributed by atoms with E-state index in [4.69, 9.17) is 10.8 Å². The Morgan fingerprint density at radius 2 is 2.18 bits per heavy atom. The Morgan fingerprint density at radius 3 is 2.64 bits per heavy atom. The number of benzene rings is 1. The van der Waals surface area contributed by atoms with Gasteiger partial charge in [-0.15, -0.1) is 0 Å². The molecule has 0 heterocycles. The quantitative estimate of drug-likeness (QED) is 0.583. The molecule has 3 N–H and O–H groups in total. The van der Waals surface area contributed by atoms with Gasteiger partial charge in [-0.3, -0.25) is 0 Å². The summed E-state index contributed by atoms with van der Waals surface area (Å²) in [6.45, 7) is 0.00755. The van der Waals surface area contributed by atoms with Crippen molar-refractivity contribution in [3.63, 3.8) is 0 Å². The average molecular weight is 216 g/mol. The second-order valence-corrected chi connectivity index (χ2v) is 2.84. The highest BCUT2D eigenvalue weighted by atomic mass is 79.9. The Labute approximate surface area is 74.2 Å². The first-order valence-electron chi connectivity index (χ1n) is 3.32. The van der Waals surface area contributed by atoms with E-state index in [0.717, 1.165) is 16.5 Å². The molecule has 11 heavy (non-hydrogen) atoms. The van der Waals surface area contributed by atoms with Crippen molar-refractivity contribution in [3.05, 3.63) is 29.3 Å². The standard InChI is InChI=1S/C8H10BrNO/c9-4-6-2-1-3-8(10)7(6)5-11/h1-3,11H,4-5,10H2. The molecule has 60 valence electrons. The smallest absolute Gasteiger partial charge is 0.0704 e. The van der Waals surface area contributed by atoms with E-state index >= 15 is 0 Å². The minimum atomic E-state index is 0.00755. The fourth-order valence-corrected chi connectivity index (χ4v) is 1.50. The van der Waals surface area contributed by atoms with Gasteiger partial charge in [0.15, 0.2) is 0 Å². The topological polar surface area (TPSA) is 46.2 Å². The van der Waals surface area contributed by atoms with Crippen LogP contribution in [0.25, 0.3) is 0 Å². The molecular weight excluding hydrogens is 206 g/mol. The predicted octanol–water partition coefficient (Wildman–Crippen LogP) is 1.66. The molecule has 0 saturated carbocycles. The number of hydrogen-bond acceptors (Lipinski definition) is 2. The van der Waals surface area contributed by atoms with Gasteiger partial charge in [-0.1, -0.05) is 28.1 Å². The van der Waals surface area contributed by atoms with Crippen molar-refractivity contribution in [2.24, 2.45) is 0 Å². The molecule has 1 aromatic rings. The molecule has 0 fully saturated rings. The van der Waals surface area contributed by atoms with E-state index < -0.39 is 0 Å². The van der Waals surface area contributed by atoms with Gasteiger partial charge in [-0.2, -0.15) is 0 Å². The number of alkyl halides is 1. The van der Waals surface area contributed by atoms with Gasteiger partial charge >= 0.3 is 0 Å². The summed E-state index contributed by atoms with van der Waals surface area (Å²) >= 11 is 3.32. The van der Waals surface area contributed by atoms with Crippen LogP contribution < -0.4 is 5.73 Å². The number of nitrogen functional groups attached to an aromatic ring is 1. The van der Waals surface area contributed by atoms with Crippen LogP contribution in [0.2, 0.25) is 0 Å². The Kier molecular flexibility index (Phi) is 2.91. The SMILES string of the molecule is Nc1cccc(CBr)c1CO. The highest BCUT2D eigenvalue weighted by Crippen LogP contribution is 2.18. The van der Waals surface area contributed by atoms with Crippen LogP contribution in [-0.2, 0) is 11.9 Å². The molecule has 0 spiro atoms. The largest absolute Gasteiger partial charge is 0.398 e. The molecule has 0 radical (unpaired) electrons. The van der Waals surface area contributed by atoms with Crippen LogP contribution in [-0.4, -0.2) is 5.11 Å². The molecule has 0 unspecified atom stereocenters. The highest BCUT2D eigenvalue weighted by molar-refractivity contribution is 9.08. The summed E-state index contributed by atoms with van der Waals surface area (Å²) in [6, 6.07) is 5.61. The molecule has 0 aromatic heterocycles. The van der Waals surface area contributed by atoms with E-state index in [0.29, 0.717) is 5.69 Å². The van der Waals surface area contributed by atoms with E-state index in [9.17, 15) is 0 Å². The summed E-state index contributed by atoms with van der Waals surface area (Å²) in [5.74, 6) is 0. The van der Waals surface area contributed by atoms with E-state index in [1.165, 1.54) is 0 Å². The number of aliphatic hydroxyl groups excluding tert-OH is 1. The van der Waals surface area contributed by atoms with E-state index in [-0.39, 0.29) is 6.61 Å². The maximum atomic E-state index is 8.93. The molecule has 3 heteroatoms. The zero-order chi connectivity index (χ0) is 8.27. The summed E-state index contributed by atoms with van der Waals surface area (Å²) in [4.78, 5) is 0. The lowest BCUT2D eigenvalue weighted by molar-refractivity contribution is 0.281. The summed E-state index contributed by atoms with van der Waals surface area (Å²) in [5.41, 5.74) is 8.16. The second kappa shape index (κ2) is 3.74. The van der Waals surface area contributed by atoms with Gasteiger partial charge in [0.1, 0.15) is 0 Å². The van der Waals surface area contributed by atoms with Gasteiger partial charge in [-0.25, -0.2) is 0 Å². The number of halogens is 1. The van der Waals surface area contributed by atoms with Crippen LogP contribution in [0.5, 0.6) is 0 Å². The molecule has 0 saturated heterocycles. The van der Waals surface area contributed by atoms with Crippen LogP contribution in [0.15, 0.2) is 18.2 Å². The van der Waals surface area contributed by atoms with Crippen LogP contribution in [0.1, 0.15) is 11.1 Å². The number of aliphatic hydroxyl groups is 1. The van der Waals surface area contributed by atoms with E-state index in [1.807, 2.05) is 12.1 Å². The zero-order valence-corrected chi connectivity index (χ0v) is 7.63. The Bertz CT molecular complexity index is 250. The van der Waals surface area contributed by atoms with Gasteiger partial charge in [0.2, 0.25) is 0 Å². The Hall–Kier alpha value is -0.540. The molecule has 0 aliphatic heterocycles. The molecule has 0 aliphatic rings. The first-order chi connectivity index (χ1) is 5.29. The minimum Gasteiger partial charge on any atom is -0.398 e. The molecule has 0 atom stereocenters. The van der Waals surface area contributed by atoms with Crippen molar-refractivity contribution in [2.45, 2.75) is 11.9 Å². The molecule has 1 rings (SSSR count). The molecule has 0 bridgehead atoms. The molecule has 2 nitrogen and oxygen atoms in total. The summed E-state index contributed by atoms with van der Waals surface area (Å²) < 4.78 is 0. The lowest BCUT2D eigenvalue weighted by Gasteiger charge is -2.06. The first kappa shape index (κ1) is 8.56. The normalized spacial score (nSPS) is 10.0. The lowest BCUT2D eigenvalue weighted by Crippen LogP contribution is -1.97. The lowest BCUT2D eigenvalue weighted by atomic mass is 10.1. The molecular formula is C8H10BrNO. The van der Waals surface area contributed by atoms with Crippen LogP contribution >= 0.6 is 15.9 Å². The third-order valence-corrected chi connectivity index (χ3v) is 2.22. The fourth-order valence-electron chi connectivity index (χ4n) is 0.973. The maximum absolute atomic E-state index is 8.93. The van der Waals surface area contributed by atoms with Crippen LogP contribution in [0.3, 0.4) is 0 Å². The monoisotopic (exact) mass is 215 g/mol. The van der Waals surface area contributed by atoms with Gasteiger partial charge in [-0.05, 0) is 11.6 Å². The Balaban J connectivity index is 3.13. The van der Waals surface area contributed by atoms with Gasteiger partial charge in [0, 0.05) is 16.6 Å². The summed E-state index contributed by atoms with van der Waals surface area (Å²) in [5, 5.41) is 9.66. The van der Waals surface area contributed by atoms with Crippen molar-refractivity contribution < 1.29 is 5.11 Å².